The summed E-state index contributed by atoms with van der Waals surface area (Å²) in [5.41, 5.74) is 0. The summed E-state index contributed by atoms with van der Waals surface area (Å²) in [4.78, 5) is 1.03. The summed E-state index contributed by atoms with van der Waals surface area (Å²) < 4.78 is 39.9. The molecule has 0 bridgehead atoms. The molecular formula is C30H66NO8S-. The predicted octanol–water partition coefficient (Wildman–Crippen LogP) is 4.36. The van der Waals surface area contributed by atoms with Gasteiger partial charge in [-0.3, -0.25) is 8.42 Å². The molecule has 0 saturated carbocycles. The van der Waals surface area contributed by atoms with Crippen LogP contribution in [0.5, 0.6) is 0 Å². The second-order valence-corrected chi connectivity index (χ2v) is 11.4. The lowest BCUT2D eigenvalue weighted by molar-refractivity contribution is -0.901. The number of rotatable bonds is 28. The van der Waals surface area contributed by atoms with Gasteiger partial charge in [-0.1, -0.05) is 129 Å². The van der Waals surface area contributed by atoms with Crippen LogP contribution in [0.2, 0.25) is 0 Å². The van der Waals surface area contributed by atoms with Gasteiger partial charge in [-0.15, -0.1) is 0 Å². The van der Waals surface area contributed by atoms with Crippen LogP contribution in [-0.2, 0) is 15.1 Å². The normalized spacial score (nSPS) is 11.2. The highest BCUT2D eigenvalue weighted by Gasteiger charge is 2.04. The number of quaternary nitrogens is 1. The predicted molar refractivity (Wildman–Crippen MR) is 162 cm³/mol. The van der Waals surface area contributed by atoms with E-state index in [1.165, 1.54) is 128 Å². The summed E-state index contributed by atoms with van der Waals surface area (Å²) in [7, 11) is -5.17. The second kappa shape index (κ2) is 38.7. The van der Waals surface area contributed by atoms with E-state index in [0.29, 0.717) is 19.6 Å². The highest BCUT2D eigenvalue weighted by atomic mass is 32.3. The Morgan fingerprint density at radius 3 is 0.950 bits per heavy atom. The number of ether oxygens (including phenoxy) is 1. The fraction of sp³-hybridized carbons (Fsp3) is 1.00. The van der Waals surface area contributed by atoms with Crippen LogP contribution in [0.3, 0.4) is 0 Å². The quantitative estimate of drug-likeness (QED) is 0.0587. The first-order valence-electron chi connectivity index (χ1n) is 16.2. The SMILES string of the molecule is CCCCCCCCCCCCOCCCCCCCCCCCC.O=S(=O)([O-])[O-].OCC[NH+](CCO)CCO. The van der Waals surface area contributed by atoms with Crippen molar-refractivity contribution in [1.29, 1.82) is 0 Å². The van der Waals surface area contributed by atoms with Gasteiger partial charge in [-0.2, -0.15) is 0 Å². The van der Waals surface area contributed by atoms with E-state index in [2.05, 4.69) is 13.8 Å². The van der Waals surface area contributed by atoms with Crippen molar-refractivity contribution in [3.63, 3.8) is 0 Å². The first kappa shape index (κ1) is 44.1. The highest BCUT2D eigenvalue weighted by molar-refractivity contribution is 7.79. The van der Waals surface area contributed by atoms with Crippen molar-refractivity contribution in [2.45, 2.75) is 142 Å². The molecule has 0 aliphatic carbocycles. The summed E-state index contributed by atoms with van der Waals surface area (Å²) >= 11 is 0. The monoisotopic (exact) mass is 600 g/mol. The van der Waals surface area contributed by atoms with Crippen LogP contribution in [-0.4, -0.2) is 85.5 Å². The molecule has 40 heavy (non-hydrogen) atoms. The molecule has 0 aromatic heterocycles. The van der Waals surface area contributed by atoms with Gasteiger partial charge in [0.05, 0.1) is 19.8 Å². The van der Waals surface area contributed by atoms with Gasteiger partial charge in [-0.25, -0.2) is 0 Å². The van der Waals surface area contributed by atoms with E-state index in [1.807, 2.05) is 0 Å². The Morgan fingerprint density at radius 2 is 0.725 bits per heavy atom. The van der Waals surface area contributed by atoms with Gasteiger partial charge in [0, 0.05) is 23.6 Å². The number of hydrogen-bond donors (Lipinski definition) is 4. The number of hydrogen-bond acceptors (Lipinski definition) is 8. The maximum absolute atomic E-state index is 8.52. The molecule has 0 aromatic rings. The van der Waals surface area contributed by atoms with Crippen molar-refractivity contribution in [3.8, 4) is 0 Å². The molecule has 246 valence electrons. The molecule has 0 aliphatic heterocycles. The van der Waals surface area contributed by atoms with Crippen molar-refractivity contribution < 1.29 is 42.5 Å². The lowest BCUT2D eigenvalue weighted by Crippen LogP contribution is -3.13. The van der Waals surface area contributed by atoms with Crippen LogP contribution >= 0.6 is 0 Å². The smallest absolute Gasteiger partial charge is 0.101 e. The molecule has 0 aromatic carbocycles. The maximum Gasteiger partial charge on any atom is 0.101 e. The first-order chi connectivity index (χ1) is 19.3. The third kappa shape index (κ3) is 53.9. The highest BCUT2D eigenvalue weighted by Crippen LogP contribution is 2.12. The fourth-order valence-electron chi connectivity index (χ4n) is 4.33. The van der Waals surface area contributed by atoms with Gasteiger partial charge in [0.1, 0.15) is 19.6 Å². The molecule has 0 saturated heterocycles. The van der Waals surface area contributed by atoms with Crippen LogP contribution in [0, 0.1) is 0 Å². The molecular weight excluding hydrogens is 534 g/mol. The zero-order chi connectivity index (χ0) is 30.6. The molecule has 0 radical (unpaired) electrons. The zero-order valence-corrected chi connectivity index (χ0v) is 26.9. The van der Waals surface area contributed by atoms with E-state index in [0.717, 1.165) is 18.1 Å². The zero-order valence-electron chi connectivity index (χ0n) is 26.1. The van der Waals surface area contributed by atoms with E-state index < -0.39 is 10.4 Å². The molecule has 0 rings (SSSR count). The van der Waals surface area contributed by atoms with Crippen molar-refractivity contribution in [1.82, 2.24) is 0 Å². The van der Waals surface area contributed by atoms with Gasteiger partial charge in [0.2, 0.25) is 0 Å². The van der Waals surface area contributed by atoms with Gasteiger partial charge in [0.25, 0.3) is 0 Å². The lowest BCUT2D eigenvalue weighted by Gasteiger charge is -2.15. The summed E-state index contributed by atoms with van der Waals surface area (Å²) in [6.45, 7) is 8.68. The molecule has 0 heterocycles. The Hall–Kier alpha value is -0.330. The molecule has 4 N–H and O–H groups in total. The van der Waals surface area contributed by atoms with E-state index in [1.54, 1.807) is 0 Å². The largest absolute Gasteiger partial charge is 0.759 e. The standard InChI is InChI=1S/C24H50O.C6H15NO3.H2O4S/c1-3-5-7-9-11-13-15-17-19-21-23-25-24-22-20-18-16-14-12-10-8-6-4-2;8-4-1-7(2-5-9)3-6-10;1-5(2,3)4/h3-24H2,1-2H3;8-10H,1-6H2;(H2,1,2,3,4)/p-1. The molecule has 0 spiro atoms. The second-order valence-electron chi connectivity index (χ2n) is 10.6. The Bertz CT molecular complexity index is 494. The average Bonchev–Trinajstić information content (AvgIpc) is 2.89. The third-order valence-corrected chi connectivity index (χ3v) is 6.68. The summed E-state index contributed by atoms with van der Waals surface area (Å²) in [5.74, 6) is 0. The third-order valence-electron chi connectivity index (χ3n) is 6.68. The molecule has 9 nitrogen and oxygen atoms in total. The van der Waals surface area contributed by atoms with Crippen LogP contribution in [0.4, 0.5) is 0 Å². The molecule has 0 amide bonds. The molecule has 0 atom stereocenters. The minimum Gasteiger partial charge on any atom is -0.759 e. The Balaban J connectivity index is -0.000000745. The van der Waals surface area contributed by atoms with Crippen LogP contribution in [0.15, 0.2) is 0 Å². The van der Waals surface area contributed by atoms with E-state index in [4.69, 9.17) is 37.6 Å². The molecule has 0 unspecified atom stereocenters. The van der Waals surface area contributed by atoms with Crippen molar-refractivity contribution in [2.24, 2.45) is 0 Å². The van der Waals surface area contributed by atoms with Crippen molar-refractivity contribution in [3.05, 3.63) is 0 Å². The Labute approximate surface area is 247 Å². The van der Waals surface area contributed by atoms with Gasteiger partial charge in [-0.05, 0) is 12.8 Å². The van der Waals surface area contributed by atoms with E-state index in [-0.39, 0.29) is 19.8 Å². The minimum atomic E-state index is -5.17. The van der Waals surface area contributed by atoms with Gasteiger partial charge in [0.15, 0.2) is 0 Å². The number of aliphatic hydroxyl groups excluding tert-OH is 3. The topological polar surface area (TPSA) is 155 Å². The average molecular weight is 601 g/mol. The summed E-state index contributed by atoms with van der Waals surface area (Å²) in [6, 6.07) is 0. The number of unbranched alkanes of at least 4 members (excludes halogenated alkanes) is 18. The Morgan fingerprint density at radius 1 is 0.500 bits per heavy atom. The maximum atomic E-state index is 8.52. The van der Waals surface area contributed by atoms with Gasteiger partial charge >= 0.3 is 0 Å². The number of aliphatic hydroxyl groups is 3. The Kier molecular flexibility index (Phi) is 42.6. The fourth-order valence-corrected chi connectivity index (χ4v) is 4.33. The first-order valence-corrected chi connectivity index (χ1v) is 17.5. The summed E-state index contributed by atoms with van der Waals surface area (Å²) in [5, 5.41) is 25.5. The van der Waals surface area contributed by atoms with Crippen LogP contribution in [0.1, 0.15) is 142 Å². The van der Waals surface area contributed by atoms with Crippen molar-refractivity contribution in [2.75, 3.05) is 52.7 Å². The summed E-state index contributed by atoms with van der Waals surface area (Å²) in [6.07, 6.45) is 28.2. The van der Waals surface area contributed by atoms with Crippen molar-refractivity contribution >= 4 is 10.4 Å². The van der Waals surface area contributed by atoms with Crippen LogP contribution < -0.4 is 4.90 Å². The van der Waals surface area contributed by atoms with E-state index >= 15 is 0 Å². The lowest BCUT2D eigenvalue weighted by atomic mass is 10.1. The molecule has 10 heteroatoms. The minimum absolute atomic E-state index is 0.106. The molecule has 0 fully saturated rings. The van der Waals surface area contributed by atoms with Crippen LogP contribution in [0.25, 0.3) is 0 Å². The van der Waals surface area contributed by atoms with Gasteiger partial charge < -0.3 is 34.1 Å². The van der Waals surface area contributed by atoms with E-state index in [9.17, 15) is 0 Å². The molecule has 0 aliphatic rings. The number of nitrogens with one attached hydrogen (secondary N) is 1.